The predicted octanol–water partition coefficient (Wildman–Crippen LogP) is 3.77. The quantitative estimate of drug-likeness (QED) is 0.669. The summed E-state index contributed by atoms with van der Waals surface area (Å²) in [6.45, 7) is 0. The lowest BCUT2D eigenvalue weighted by Crippen LogP contribution is -1.86. The Labute approximate surface area is 85.0 Å². The minimum atomic E-state index is -0.694. The van der Waals surface area contributed by atoms with Gasteiger partial charge in [0.25, 0.3) is 0 Å². The zero-order valence-electron chi connectivity index (χ0n) is 7.68. The van der Waals surface area contributed by atoms with E-state index in [4.69, 9.17) is 0 Å². The van der Waals surface area contributed by atoms with Crippen LogP contribution in [0.4, 0.5) is 13.2 Å². The smallest absolute Gasteiger partial charge is 0.133 e. The Kier molecular flexibility index (Phi) is 2.46. The van der Waals surface area contributed by atoms with Crippen molar-refractivity contribution in [2.45, 2.75) is 0 Å². The van der Waals surface area contributed by atoms with E-state index in [1.54, 1.807) is 6.07 Å². The highest BCUT2D eigenvalue weighted by atomic mass is 19.1. The zero-order valence-corrected chi connectivity index (χ0v) is 7.68. The van der Waals surface area contributed by atoms with Crippen molar-refractivity contribution >= 4 is 0 Å². The van der Waals surface area contributed by atoms with Crippen molar-refractivity contribution in [2.24, 2.45) is 0 Å². The van der Waals surface area contributed by atoms with Gasteiger partial charge in [0.15, 0.2) is 0 Å². The van der Waals surface area contributed by atoms with Crippen LogP contribution in [-0.4, -0.2) is 0 Å². The molecule has 0 atom stereocenters. The van der Waals surface area contributed by atoms with Gasteiger partial charge in [-0.3, -0.25) is 0 Å². The molecule has 0 aliphatic rings. The van der Waals surface area contributed by atoms with Gasteiger partial charge in [0.2, 0.25) is 0 Å². The van der Waals surface area contributed by atoms with Gasteiger partial charge in [0.1, 0.15) is 17.5 Å². The Morgan fingerprint density at radius 1 is 0.733 bits per heavy atom. The largest absolute Gasteiger partial charge is 0.207 e. The van der Waals surface area contributed by atoms with Crippen LogP contribution in [0, 0.1) is 17.5 Å². The summed E-state index contributed by atoms with van der Waals surface area (Å²) in [5.74, 6) is -1.79. The highest BCUT2D eigenvalue weighted by Gasteiger charge is 2.06. The van der Waals surface area contributed by atoms with Gasteiger partial charge in [-0.05, 0) is 29.8 Å². The third-order valence-electron chi connectivity index (χ3n) is 2.07. The van der Waals surface area contributed by atoms with Crippen molar-refractivity contribution in [2.75, 3.05) is 0 Å². The molecule has 0 unspecified atom stereocenters. The van der Waals surface area contributed by atoms with Crippen LogP contribution < -0.4 is 0 Å². The molecule has 76 valence electrons. The van der Waals surface area contributed by atoms with Gasteiger partial charge in [-0.1, -0.05) is 12.1 Å². The summed E-state index contributed by atoms with van der Waals surface area (Å²) >= 11 is 0. The van der Waals surface area contributed by atoms with E-state index >= 15 is 0 Å². The molecule has 0 bridgehead atoms. The van der Waals surface area contributed by atoms with Gasteiger partial charge >= 0.3 is 0 Å². The average molecular weight is 208 g/mol. The Hall–Kier alpha value is -1.77. The maximum absolute atomic E-state index is 13.3. The molecule has 0 saturated carbocycles. The lowest BCUT2D eigenvalue weighted by Gasteiger charge is -2.03. The van der Waals surface area contributed by atoms with Gasteiger partial charge in [-0.2, -0.15) is 0 Å². The van der Waals surface area contributed by atoms with E-state index in [0.717, 1.165) is 12.1 Å². The molecule has 0 fully saturated rings. The van der Waals surface area contributed by atoms with Crippen LogP contribution in [0.3, 0.4) is 0 Å². The Bertz CT molecular complexity index is 492. The molecule has 0 aliphatic heterocycles. The summed E-state index contributed by atoms with van der Waals surface area (Å²) in [6, 6.07) is 8.73. The van der Waals surface area contributed by atoms with E-state index in [9.17, 15) is 13.2 Å². The number of rotatable bonds is 1. The summed E-state index contributed by atoms with van der Waals surface area (Å²) in [5.41, 5.74) is 0.586. The number of hydrogen-bond acceptors (Lipinski definition) is 0. The molecule has 0 spiro atoms. The molecule has 0 saturated heterocycles. The first-order chi connectivity index (χ1) is 7.16. The zero-order chi connectivity index (χ0) is 10.8. The number of benzene rings is 2. The maximum Gasteiger partial charge on any atom is 0.133 e. The standard InChI is InChI=1S/C12H7F3/c13-9-3-1-2-8(6-9)11-5-4-10(14)7-12(11)15/h1-7H. The van der Waals surface area contributed by atoms with E-state index in [1.165, 1.54) is 24.3 Å². The lowest BCUT2D eigenvalue weighted by molar-refractivity contribution is 0.585. The summed E-state index contributed by atoms with van der Waals surface area (Å²) < 4.78 is 38.8. The second-order valence-corrected chi connectivity index (χ2v) is 3.13. The van der Waals surface area contributed by atoms with Crippen molar-refractivity contribution in [3.63, 3.8) is 0 Å². The second-order valence-electron chi connectivity index (χ2n) is 3.13. The topological polar surface area (TPSA) is 0 Å². The summed E-state index contributed by atoms with van der Waals surface area (Å²) in [4.78, 5) is 0. The van der Waals surface area contributed by atoms with Crippen LogP contribution in [0.2, 0.25) is 0 Å². The van der Waals surface area contributed by atoms with Crippen LogP contribution in [-0.2, 0) is 0 Å². The van der Waals surface area contributed by atoms with Crippen LogP contribution in [0.1, 0.15) is 0 Å². The molecule has 2 rings (SSSR count). The van der Waals surface area contributed by atoms with Crippen molar-refractivity contribution < 1.29 is 13.2 Å². The second kappa shape index (κ2) is 3.77. The lowest BCUT2D eigenvalue weighted by atomic mass is 10.1. The Morgan fingerprint density at radius 3 is 2.13 bits per heavy atom. The van der Waals surface area contributed by atoms with E-state index < -0.39 is 17.5 Å². The summed E-state index contributed by atoms with van der Waals surface area (Å²) in [5, 5.41) is 0. The fraction of sp³-hybridized carbons (Fsp3) is 0. The predicted molar refractivity (Wildman–Crippen MR) is 51.8 cm³/mol. The molecule has 3 heteroatoms. The summed E-state index contributed by atoms with van der Waals surface area (Å²) in [6.07, 6.45) is 0. The molecule has 0 N–H and O–H groups in total. The number of hydrogen-bond donors (Lipinski definition) is 0. The van der Waals surface area contributed by atoms with Gasteiger partial charge in [-0.15, -0.1) is 0 Å². The third-order valence-corrected chi connectivity index (χ3v) is 2.07. The van der Waals surface area contributed by atoms with Gasteiger partial charge in [0, 0.05) is 11.6 Å². The first-order valence-corrected chi connectivity index (χ1v) is 4.38. The Morgan fingerprint density at radius 2 is 1.47 bits per heavy atom. The first-order valence-electron chi connectivity index (χ1n) is 4.38. The maximum atomic E-state index is 13.3. The van der Waals surface area contributed by atoms with E-state index in [2.05, 4.69) is 0 Å². The van der Waals surface area contributed by atoms with Crippen molar-refractivity contribution in [1.29, 1.82) is 0 Å². The van der Waals surface area contributed by atoms with Crippen molar-refractivity contribution in [1.82, 2.24) is 0 Å². The van der Waals surface area contributed by atoms with Crippen molar-refractivity contribution in [3.8, 4) is 11.1 Å². The highest BCUT2D eigenvalue weighted by molar-refractivity contribution is 5.63. The number of halogens is 3. The van der Waals surface area contributed by atoms with Crippen LogP contribution in [0.5, 0.6) is 0 Å². The van der Waals surface area contributed by atoms with E-state index in [1.807, 2.05) is 0 Å². The molecule has 0 aromatic heterocycles. The molecule has 0 aliphatic carbocycles. The molecule has 0 nitrogen and oxygen atoms in total. The Balaban J connectivity index is 2.54. The van der Waals surface area contributed by atoms with Gasteiger partial charge < -0.3 is 0 Å². The monoisotopic (exact) mass is 208 g/mol. The van der Waals surface area contributed by atoms with Crippen LogP contribution in [0.15, 0.2) is 42.5 Å². The average Bonchev–Trinajstić information content (AvgIpc) is 2.17. The fourth-order valence-corrected chi connectivity index (χ4v) is 1.38. The molecule has 0 radical (unpaired) electrons. The molecular weight excluding hydrogens is 201 g/mol. The van der Waals surface area contributed by atoms with E-state index in [0.29, 0.717) is 5.56 Å². The third kappa shape index (κ3) is 2.01. The SMILES string of the molecule is Fc1cccc(-c2ccc(F)cc2F)c1. The summed E-state index contributed by atoms with van der Waals surface area (Å²) in [7, 11) is 0. The van der Waals surface area contributed by atoms with Gasteiger partial charge in [-0.25, -0.2) is 13.2 Å². The van der Waals surface area contributed by atoms with Crippen LogP contribution >= 0.6 is 0 Å². The molecule has 2 aromatic rings. The molecule has 2 aromatic carbocycles. The van der Waals surface area contributed by atoms with Crippen molar-refractivity contribution in [3.05, 3.63) is 59.9 Å². The highest BCUT2D eigenvalue weighted by Crippen LogP contribution is 2.23. The molecule has 15 heavy (non-hydrogen) atoms. The minimum absolute atomic E-state index is 0.191. The molecule has 0 amide bonds. The first kappa shape index (κ1) is 9.77. The minimum Gasteiger partial charge on any atom is -0.207 e. The van der Waals surface area contributed by atoms with Gasteiger partial charge in [0.05, 0.1) is 0 Å². The molecular formula is C12H7F3. The fourth-order valence-electron chi connectivity index (χ4n) is 1.38. The van der Waals surface area contributed by atoms with E-state index in [-0.39, 0.29) is 5.56 Å². The van der Waals surface area contributed by atoms with Crippen LogP contribution in [0.25, 0.3) is 11.1 Å². The normalized spacial score (nSPS) is 10.3. The molecule has 0 heterocycles.